The molecule has 0 amide bonds. The topological polar surface area (TPSA) is 17.8 Å². The van der Waals surface area contributed by atoms with E-state index in [1.54, 1.807) is 6.33 Å². The van der Waals surface area contributed by atoms with Crippen molar-refractivity contribution in [3.63, 3.8) is 0 Å². The maximum Gasteiger partial charge on any atom is 0.127 e. The molecule has 0 radical (unpaired) electrons. The Morgan fingerprint density at radius 2 is 2.13 bits per heavy atom. The standard InChI is InChI=1S/C11H10BrClN2/c1-15-7-14-11(12)10(15)6-8-4-2-3-5-9(8)13/h2-5,7H,6H2,1H3. The average Bonchev–Trinajstić information content (AvgIpc) is 2.53. The molecular weight excluding hydrogens is 275 g/mol. The van der Waals surface area contributed by atoms with Crippen LogP contribution in [0.5, 0.6) is 0 Å². The highest BCUT2D eigenvalue weighted by Gasteiger charge is 2.08. The smallest absolute Gasteiger partial charge is 0.127 e. The highest BCUT2D eigenvalue weighted by Crippen LogP contribution is 2.22. The van der Waals surface area contributed by atoms with Crippen LogP contribution in [0.3, 0.4) is 0 Å². The van der Waals surface area contributed by atoms with Crippen molar-refractivity contribution in [2.75, 3.05) is 0 Å². The molecule has 0 aliphatic rings. The molecule has 78 valence electrons. The van der Waals surface area contributed by atoms with Gasteiger partial charge in [0.15, 0.2) is 0 Å². The van der Waals surface area contributed by atoms with E-state index in [1.165, 1.54) is 0 Å². The van der Waals surface area contributed by atoms with Gasteiger partial charge >= 0.3 is 0 Å². The Morgan fingerprint density at radius 1 is 1.40 bits per heavy atom. The van der Waals surface area contributed by atoms with Gasteiger partial charge in [0.1, 0.15) is 4.60 Å². The Hall–Kier alpha value is -0.800. The Labute approximate surface area is 102 Å². The van der Waals surface area contributed by atoms with Crippen LogP contribution >= 0.6 is 27.5 Å². The van der Waals surface area contributed by atoms with Gasteiger partial charge in [0.05, 0.1) is 12.0 Å². The Bertz CT molecular complexity index is 460. The first-order chi connectivity index (χ1) is 7.18. The van der Waals surface area contributed by atoms with Crippen LogP contribution in [0.2, 0.25) is 5.02 Å². The van der Waals surface area contributed by atoms with Gasteiger partial charge in [-0.25, -0.2) is 4.98 Å². The van der Waals surface area contributed by atoms with Crippen LogP contribution in [-0.2, 0) is 13.5 Å². The predicted molar refractivity (Wildman–Crippen MR) is 65.2 cm³/mol. The van der Waals surface area contributed by atoms with Crippen LogP contribution in [0.25, 0.3) is 0 Å². The van der Waals surface area contributed by atoms with Crippen LogP contribution < -0.4 is 0 Å². The molecule has 0 atom stereocenters. The van der Waals surface area contributed by atoms with Crippen LogP contribution in [-0.4, -0.2) is 9.55 Å². The fourth-order valence-electron chi connectivity index (χ4n) is 1.45. The van der Waals surface area contributed by atoms with Crippen molar-refractivity contribution < 1.29 is 0 Å². The van der Waals surface area contributed by atoms with E-state index >= 15 is 0 Å². The summed E-state index contributed by atoms with van der Waals surface area (Å²) in [5.74, 6) is 0. The third kappa shape index (κ3) is 2.24. The summed E-state index contributed by atoms with van der Waals surface area (Å²) in [6.45, 7) is 0. The maximum absolute atomic E-state index is 6.10. The molecule has 2 aromatic rings. The zero-order chi connectivity index (χ0) is 10.8. The summed E-state index contributed by atoms with van der Waals surface area (Å²) in [6, 6.07) is 7.86. The van der Waals surface area contributed by atoms with Gasteiger partial charge in [0.25, 0.3) is 0 Å². The van der Waals surface area contributed by atoms with Gasteiger partial charge in [0.2, 0.25) is 0 Å². The molecule has 0 fully saturated rings. The first kappa shape index (κ1) is 10.7. The molecule has 0 aliphatic carbocycles. The van der Waals surface area contributed by atoms with Gasteiger partial charge in [-0.15, -0.1) is 0 Å². The quantitative estimate of drug-likeness (QED) is 0.826. The van der Waals surface area contributed by atoms with E-state index < -0.39 is 0 Å². The summed E-state index contributed by atoms with van der Waals surface area (Å²) in [5, 5.41) is 0.797. The zero-order valence-electron chi connectivity index (χ0n) is 8.24. The minimum atomic E-state index is 0.788. The largest absolute Gasteiger partial charge is 0.336 e. The zero-order valence-corrected chi connectivity index (χ0v) is 10.6. The maximum atomic E-state index is 6.10. The van der Waals surface area contributed by atoms with Crippen LogP contribution in [0.4, 0.5) is 0 Å². The first-order valence-electron chi connectivity index (χ1n) is 4.57. The Balaban J connectivity index is 2.34. The van der Waals surface area contributed by atoms with E-state index in [4.69, 9.17) is 11.6 Å². The summed E-state index contributed by atoms with van der Waals surface area (Å²) in [7, 11) is 1.98. The van der Waals surface area contributed by atoms with E-state index in [2.05, 4.69) is 20.9 Å². The van der Waals surface area contributed by atoms with Gasteiger partial charge in [-0.3, -0.25) is 0 Å². The number of hydrogen-bond donors (Lipinski definition) is 0. The normalized spacial score (nSPS) is 10.6. The molecule has 4 heteroatoms. The molecular formula is C11H10BrClN2. The van der Waals surface area contributed by atoms with Crippen LogP contribution in [0, 0.1) is 0 Å². The third-order valence-corrected chi connectivity index (χ3v) is 3.36. The summed E-state index contributed by atoms with van der Waals surface area (Å²) in [5.41, 5.74) is 2.24. The molecule has 2 nitrogen and oxygen atoms in total. The predicted octanol–water partition coefficient (Wildman–Crippen LogP) is 3.43. The van der Waals surface area contributed by atoms with Gasteiger partial charge in [-0.05, 0) is 27.6 Å². The van der Waals surface area contributed by atoms with Crippen molar-refractivity contribution in [3.8, 4) is 0 Å². The molecule has 0 spiro atoms. The lowest BCUT2D eigenvalue weighted by molar-refractivity contribution is 0.843. The van der Waals surface area contributed by atoms with E-state index in [1.807, 2.05) is 35.9 Å². The monoisotopic (exact) mass is 284 g/mol. The number of benzene rings is 1. The van der Waals surface area contributed by atoms with E-state index in [0.717, 1.165) is 27.3 Å². The summed E-state index contributed by atoms with van der Waals surface area (Å²) in [6.07, 6.45) is 2.58. The second-order valence-corrected chi connectivity index (χ2v) is 4.52. The number of imidazole rings is 1. The van der Waals surface area contributed by atoms with Crippen molar-refractivity contribution in [3.05, 3.63) is 51.5 Å². The molecule has 2 rings (SSSR count). The molecule has 0 saturated heterocycles. The van der Waals surface area contributed by atoms with Gasteiger partial charge in [-0.1, -0.05) is 29.8 Å². The second kappa shape index (κ2) is 4.37. The Kier molecular flexibility index (Phi) is 3.12. The summed E-state index contributed by atoms with van der Waals surface area (Å²) >= 11 is 9.52. The lowest BCUT2D eigenvalue weighted by atomic mass is 10.1. The molecule has 0 aliphatic heterocycles. The lowest BCUT2D eigenvalue weighted by Gasteiger charge is -2.05. The van der Waals surface area contributed by atoms with Gasteiger partial charge < -0.3 is 4.57 Å². The van der Waals surface area contributed by atoms with Crippen molar-refractivity contribution in [2.24, 2.45) is 7.05 Å². The van der Waals surface area contributed by atoms with Crippen molar-refractivity contribution >= 4 is 27.5 Å². The van der Waals surface area contributed by atoms with Crippen molar-refractivity contribution in [2.45, 2.75) is 6.42 Å². The molecule has 0 bridgehead atoms. The van der Waals surface area contributed by atoms with Gasteiger partial charge in [-0.2, -0.15) is 0 Å². The average molecular weight is 286 g/mol. The summed E-state index contributed by atoms with van der Waals surface area (Å²) < 4.78 is 2.87. The molecule has 0 N–H and O–H groups in total. The number of aryl methyl sites for hydroxylation is 1. The Morgan fingerprint density at radius 3 is 2.73 bits per heavy atom. The lowest BCUT2D eigenvalue weighted by Crippen LogP contribution is -1.97. The van der Waals surface area contributed by atoms with E-state index in [-0.39, 0.29) is 0 Å². The SMILES string of the molecule is Cn1cnc(Br)c1Cc1ccccc1Cl. The molecule has 0 saturated carbocycles. The number of halogens is 2. The third-order valence-electron chi connectivity index (χ3n) is 2.32. The van der Waals surface area contributed by atoms with Crippen LogP contribution in [0.1, 0.15) is 11.3 Å². The molecule has 0 unspecified atom stereocenters. The number of rotatable bonds is 2. The molecule has 1 heterocycles. The number of nitrogens with zero attached hydrogens (tertiary/aromatic N) is 2. The fraction of sp³-hybridized carbons (Fsp3) is 0.182. The minimum absolute atomic E-state index is 0.788. The van der Waals surface area contributed by atoms with Crippen molar-refractivity contribution in [1.29, 1.82) is 0 Å². The van der Waals surface area contributed by atoms with E-state index in [0.29, 0.717) is 0 Å². The fourth-order valence-corrected chi connectivity index (χ4v) is 2.16. The van der Waals surface area contributed by atoms with Crippen LogP contribution in [0.15, 0.2) is 35.2 Å². The molecule has 1 aromatic carbocycles. The molecule has 1 aromatic heterocycles. The minimum Gasteiger partial charge on any atom is -0.336 e. The summed E-state index contributed by atoms with van der Waals surface area (Å²) in [4.78, 5) is 4.18. The number of hydrogen-bond acceptors (Lipinski definition) is 1. The van der Waals surface area contributed by atoms with Crippen molar-refractivity contribution in [1.82, 2.24) is 9.55 Å². The number of aromatic nitrogens is 2. The highest BCUT2D eigenvalue weighted by atomic mass is 79.9. The molecule has 15 heavy (non-hydrogen) atoms. The second-order valence-electron chi connectivity index (χ2n) is 3.36. The first-order valence-corrected chi connectivity index (χ1v) is 5.74. The van der Waals surface area contributed by atoms with E-state index in [9.17, 15) is 0 Å². The van der Waals surface area contributed by atoms with Gasteiger partial charge in [0, 0.05) is 18.5 Å². The highest BCUT2D eigenvalue weighted by molar-refractivity contribution is 9.10.